The maximum Gasteiger partial charge on any atom is 0.393 e. The molecule has 2 atom stereocenters. The van der Waals surface area contributed by atoms with Crippen LogP contribution in [0.4, 0.5) is 13.2 Å². The zero-order valence-electron chi connectivity index (χ0n) is 9.04. The van der Waals surface area contributed by atoms with E-state index in [1.807, 2.05) is 6.07 Å². The van der Waals surface area contributed by atoms with Crippen LogP contribution >= 0.6 is 0 Å². The van der Waals surface area contributed by atoms with E-state index in [4.69, 9.17) is 0 Å². The first kappa shape index (κ1) is 11.5. The van der Waals surface area contributed by atoms with Gasteiger partial charge in [0.1, 0.15) is 0 Å². The zero-order chi connectivity index (χ0) is 11.8. The van der Waals surface area contributed by atoms with Crippen LogP contribution in [0.5, 0.6) is 0 Å². The lowest BCUT2D eigenvalue weighted by molar-refractivity contribution is -0.174. The second-order valence-electron chi connectivity index (χ2n) is 4.39. The molecule has 1 saturated heterocycles. The monoisotopic (exact) mass is 229 g/mol. The number of rotatable bonds is 1. The van der Waals surface area contributed by atoms with E-state index < -0.39 is 18.0 Å². The van der Waals surface area contributed by atoms with Gasteiger partial charge < -0.3 is 4.90 Å². The Morgan fingerprint density at radius 3 is 2.31 bits per heavy atom. The Morgan fingerprint density at radius 1 is 1.12 bits per heavy atom. The van der Waals surface area contributed by atoms with Crippen molar-refractivity contribution in [1.29, 1.82) is 0 Å². The van der Waals surface area contributed by atoms with E-state index >= 15 is 0 Å². The molecule has 0 N–H and O–H groups in total. The van der Waals surface area contributed by atoms with Gasteiger partial charge in [-0.2, -0.15) is 13.2 Å². The van der Waals surface area contributed by atoms with E-state index in [2.05, 4.69) is 0 Å². The SMILES string of the molecule is CN1C[C@@H](C(F)(F)F)[C@H](c2ccccc2)C1. The van der Waals surface area contributed by atoms with E-state index in [9.17, 15) is 13.2 Å². The lowest BCUT2D eigenvalue weighted by atomic mass is 9.88. The lowest BCUT2D eigenvalue weighted by Crippen LogP contribution is -2.29. The van der Waals surface area contributed by atoms with E-state index in [1.165, 1.54) is 0 Å². The van der Waals surface area contributed by atoms with Crippen molar-refractivity contribution in [2.45, 2.75) is 12.1 Å². The molecule has 1 aliphatic heterocycles. The van der Waals surface area contributed by atoms with Gasteiger partial charge in [0.15, 0.2) is 0 Å². The van der Waals surface area contributed by atoms with Gasteiger partial charge in [0.25, 0.3) is 0 Å². The van der Waals surface area contributed by atoms with E-state index in [0.717, 1.165) is 5.56 Å². The van der Waals surface area contributed by atoms with Gasteiger partial charge in [-0.25, -0.2) is 0 Å². The summed E-state index contributed by atoms with van der Waals surface area (Å²) in [4.78, 5) is 1.75. The molecular formula is C12H14F3N. The minimum atomic E-state index is -4.11. The highest BCUT2D eigenvalue weighted by molar-refractivity contribution is 5.22. The summed E-state index contributed by atoms with van der Waals surface area (Å²) >= 11 is 0. The molecule has 0 aromatic heterocycles. The van der Waals surface area contributed by atoms with Crippen molar-refractivity contribution in [2.75, 3.05) is 20.1 Å². The minimum absolute atomic E-state index is 0.100. The molecule has 1 heterocycles. The number of benzene rings is 1. The van der Waals surface area contributed by atoms with Gasteiger partial charge in [0, 0.05) is 19.0 Å². The van der Waals surface area contributed by atoms with Gasteiger partial charge in [-0.1, -0.05) is 30.3 Å². The van der Waals surface area contributed by atoms with Crippen molar-refractivity contribution >= 4 is 0 Å². The highest BCUT2D eigenvalue weighted by Crippen LogP contribution is 2.42. The first-order chi connectivity index (χ1) is 7.48. The Bertz CT molecular complexity index is 347. The predicted molar refractivity (Wildman–Crippen MR) is 56.2 cm³/mol. The average molecular weight is 229 g/mol. The molecule has 0 radical (unpaired) electrons. The summed E-state index contributed by atoms with van der Waals surface area (Å²) < 4.78 is 38.5. The normalized spacial score (nSPS) is 27.2. The predicted octanol–water partition coefficient (Wildman–Crippen LogP) is 2.89. The van der Waals surface area contributed by atoms with E-state index in [1.54, 1.807) is 36.2 Å². The van der Waals surface area contributed by atoms with Crippen LogP contribution in [0.15, 0.2) is 30.3 Å². The third kappa shape index (κ3) is 2.21. The van der Waals surface area contributed by atoms with Crippen molar-refractivity contribution in [1.82, 2.24) is 4.90 Å². The van der Waals surface area contributed by atoms with Gasteiger partial charge in [-0.05, 0) is 12.6 Å². The summed E-state index contributed by atoms with van der Waals surface area (Å²) in [5, 5.41) is 0. The highest BCUT2D eigenvalue weighted by atomic mass is 19.4. The van der Waals surface area contributed by atoms with Gasteiger partial charge in [0.2, 0.25) is 0 Å². The van der Waals surface area contributed by atoms with Crippen LogP contribution in [0.25, 0.3) is 0 Å². The smallest absolute Gasteiger partial charge is 0.305 e. The molecule has 1 fully saturated rings. The van der Waals surface area contributed by atoms with Crippen LogP contribution in [-0.2, 0) is 0 Å². The van der Waals surface area contributed by atoms with Gasteiger partial charge >= 0.3 is 6.18 Å². The molecule has 0 bridgehead atoms. The molecule has 1 nitrogen and oxygen atoms in total. The summed E-state index contributed by atoms with van der Waals surface area (Å²) in [6.45, 7) is 0.581. The van der Waals surface area contributed by atoms with Crippen molar-refractivity contribution < 1.29 is 13.2 Å². The number of alkyl halides is 3. The average Bonchev–Trinajstić information content (AvgIpc) is 2.61. The molecule has 1 aromatic rings. The molecule has 88 valence electrons. The maximum absolute atomic E-state index is 12.8. The number of halogens is 3. The largest absolute Gasteiger partial charge is 0.393 e. The summed E-state index contributed by atoms with van der Waals surface area (Å²) in [6, 6.07) is 8.97. The van der Waals surface area contributed by atoms with Crippen LogP contribution in [0.3, 0.4) is 0 Å². The summed E-state index contributed by atoms with van der Waals surface area (Å²) in [6.07, 6.45) is -4.11. The second kappa shape index (κ2) is 4.09. The molecule has 1 aromatic carbocycles. The Hall–Kier alpha value is -1.03. The Morgan fingerprint density at radius 2 is 1.75 bits per heavy atom. The molecule has 0 unspecified atom stereocenters. The number of hydrogen-bond acceptors (Lipinski definition) is 1. The molecule has 0 amide bonds. The third-order valence-electron chi connectivity index (χ3n) is 3.15. The highest BCUT2D eigenvalue weighted by Gasteiger charge is 2.49. The first-order valence-electron chi connectivity index (χ1n) is 5.28. The molecule has 4 heteroatoms. The number of nitrogens with zero attached hydrogens (tertiary/aromatic N) is 1. The molecular weight excluding hydrogens is 215 g/mol. The number of likely N-dealkylation sites (tertiary alicyclic amines) is 1. The van der Waals surface area contributed by atoms with Crippen molar-refractivity contribution in [3.63, 3.8) is 0 Å². The third-order valence-corrected chi connectivity index (χ3v) is 3.15. The Balaban J connectivity index is 2.26. The van der Waals surface area contributed by atoms with E-state index in [-0.39, 0.29) is 6.54 Å². The van der Waals surface area contributed by atoms with E-state index in [0.29, 0.717) is 6.54 Å². The molecule has 0 saturated carbocycles. The summed E-state index contributed by atoms with van der Waals surface area (Å²) in [7, 11) is 1.74. The van der Waals surface area contributed by atoms with Crippen molar-refractivity contribution in [2.24, 2.45) is 5.92 Å². The maximum atomic E-state index is 12.8. The van der Waals surface area contributed by atoms with Gasteiger partial charge in [-0.15, -0.1) is 0 Å². The fraction of sp³-hybridized carbons (Fsp3) is 0.500. The van der Waals surface area contributed by atoms with Crippen LogP contribution in [-0.4, -0.2) is 31.2 Å². The first-order valence-corrected chi connectivity index (χ1v) is 5.28. The van der Waals surface area contributed by atoms with Gasteiger partial charge in [0.05, 0.1) is 5.92 Å². The summed E-state index contributed by atoms with van der Waals surface area (Å²) in [5.74, 6) is -1.66. The van der Waals surface area contributed by atoms with Crippen molar-refractivity contribution in [3.8, 4) is 0 Å². The topological polar surface area (TPSA) is 3.24 Å². The van der Waals surface area contributed by atoms with Crippen LogP contribution in [0.1, 0.15) is 11.5 Å². The molecule has 0 aliphatic carbocycles. The summed E-state index contributed by atoms with van der Waals surface area (Å²) in [5.41, 5.74) is 0.786. The fourth-order valence-corrected chi connectivity index (χ4v) is 2.37. The Labute approximate surface area is 92.9 Å². The van der Waals surface area contributed by atoms with Crippen LogP contribution < -0.4 is 0 Å². The Kier molecular flexibility index (Phi) is 2.93. The lowest BCUT2D eigenvalue weighted by Gasteiger charge is -2.21. The van der Waals surface area contributed by atoms with Crippen molar-refractivity contribution in [3.05, 3.63) is 35.9 Å². The fourth-order valence-electron chi connectivity index (χ4n) is 2.37. The minimum Gasteiger partial charge on any atom is -0.305 e. The molecule has 16 heavy (non-hydrogen) atoms. The molecule has 0 spiro atoms. The van der Waals surface area contributed by atoms with Crippen LogP contribution in [0, 0.1) is 5.92 Å². The zero-order valence-corrected chi connectivity index (χ0v) is 9.04. The second-order valence-corrected chi connectivity index (χ2v) is 4.39. The molecule has 1 aliphatic rings. The van der Waals surface area contributed by atoms with Crippen LogP contribution in [0.2, 0.25) is 0 Å². The quantitative estimate of drug-likeness (QED) is 0.715. The standard InChI is InChI=1S/C12H14F3N/c1-16-7-10(9-5-3-2-4-6-9)11(8-16)12(13,14)15/h2-6,10-11H,7-8H2,1H3/t10-,11+/m0/s1. The number of likely N-dealkylation sites (N-methyl/N-ethyl adjacent to an activating group) is 1. The number of hydrogen-bond donors (Lipinski definition) is 0. The van der Waals surface area contributed by atoms with Gasteiger partial charge in [-0.3, -0.25) is 0 Å². The molecule has 2 rings (SSSR count).